The molecule has 0 saturated carbocycles. The fraction of sp³-hybridized carbons (Fsp3) is 0.333. The zero-order valence-corrected chi connectivity index (χ0v) is 11.8. The molecule has 0 fully saturated rings. The molecule has 1 aromatic rings. The molecule has 6 nitrogen and oxygen atoms in total. The van der Waals surface area contributed by atoms with Gasteiger partial charge in [0.05, 0.1) is 24.3 Å². The summed E-state index contributed by atoms with van der Waals surface area (Å²) in [7, 11) is 2.34. The van der Waals surface area contributed by atoms with E-state index in [0.717, 1.165) is 0 Å². The molecule has 0 aliphatic heterocycles. The Balaban J connectivity index is 2.79. The van der Waals surface area contributed by atoms with Crippen LogP contribution in [0.15, 0.2) is 18.2 Å². The van der Waals surface area contributed by atoms with Crippen LogP contribution >= 0.6 is 9.24 Å². The highest BCUT2D eigenvalue weighted by molar-refractivity contribution is 7.27. The smallest absolute Gasteiger partial charge is 0.293 e. The van der Waals surface area contributed by atoms with Crippen LogP contribution in [0.2, 0.25) is 0 Å². The van der Waals surface area contributed by atoms with Gasteiger partial charge < -0.3 is 0 Å². The molecule has 0 amide bonds. The zero-order valence-electron chi connectivity index (χ0n) is 10.7. The SMILES string of the molecule is CCOOC(=O)c1ccc(C(=O)OOCC)c(P)c1. The highest BCUT2D eigenvalue weighted by atomic mass is 31.0. The van der Waals surface area contributed by atoms with Gasteiger partial charge in [0.2, 0.25) is 0 Å². The minimum atomic E-state index is -0.629. The van der Waals surface area contributed by atoms with Gasteiger partial charge >= 0.3 is 11.9 Å². The second-order valence-corrected chi connectivity index (χ2v) is 3.98. The summed E-state index contributed by atoms with van der Waals surface area (Å²) in [5, 5.41) is 0.496. The van der Waals surface area contributed by atoms with Crippen molar-refractivity contribution in [2.45, 2.75) is 13.8 Å². The number of carbonyl (C=O) groups is 2. The number of carbonyl (C=O) groups excluding carboxylic acids is 2. The van der Waals surface area contributed by atoms with E-state index < -0.39 is 11.9 Å². The van der Waals surface area contributed by atoms with Gasteiger partial charge in [-0.2, -0.15) is 9.78 Å². The quantitative estimate of drug-likeness (QED) is 0.447. The number of hydrogen-bond acceptors (Lipinski definition) is 6. The van der Waals surface area contributed by atoms with Gasteiger partial charge in [-0.25, -0.2) is 9.59 Å². The van der Waals surface area contributed by atoms with Gasteiger partial charge in [0.15, 0.2) is 0 Å². The summed E-state index contributed by atoms with van der Waals surface area (Å²) in [5.41, 5.74) is 0.554. The molecule has 0 bridgehead atoms. The van der Waals surface area contributed by atoms with Crippen LogP contribution in [0.3, 0.4) is 0 Å². The van der Waals surface area contributed by atoms with E-state index in [4.69, 9.17) is 0 Å². The summed E-state index contributed by atoms with van der Waals surface area (Å²) in [6.45, 7) is 3.91. The molecule has 1 atom stereocenters. The Hall–Kier alpha value is -1.49. The normalized spacial score (nSPS) is 10.1. The Kier molecular flexibility index (Phi) is 6.42. The van der Waals surface area contributed by atoms with Crippen molar-refractivity contribution in [3.8, 4) is 0 Å². The van der Waals surface area contributed by atoms with Gasteiger partial charge in [-0.05, 0) is 37.4 Å². The van der Waals surface area contributed by atoms with E-state index in [0.29, 0.717) is 5.30 Å². The molecule has 1 unspecified atom stereocenters. The Morgan fingerprint density at radius 3 is 2.16 bits per heavy atom. The van der Waals surface area contributed by atoms with Crippen molar-refractivity contribution in [1.29, 1.82) is 0 Å². The molecular weight excluding hydrogens is 271 g/mol. The van der Waals surface area contributed by atoms with Gasteiger partial charge in [-0.3, -0.25) is 9.78 Å². The molecule has 0 heterocycles. The summed E-state index contributed by atoms with van der Waals surface area (Å²) < 4.78 is 0. The second-order valence-electron chi connectivity index (χ2n) is 3.36. The van der Waals surface area contributed by atoms with Crippen LogP contribution in [0.1, 0.15) is 34.6 Å². The first-order chi connectivity index (χ1) is 9.10. The molecule has 0 N–H and O–H groups in total. The minimum Gasteiger partial charge on any atom is -0.293 e. The maximum atomic E-state index is 11.6. The first-order valence-corrected chi connectivity index (χ1v) is 6.25. The molecule has 7 heteroatoms. The van der Waals surface area contributed by atoms with Crippen molar-refractivity contribution in [3.63, 3.8) is 0 Å². The van der Waals surface area contributed by atoms with Crippen LogP contribution in [0, 0.1) is 0 Å². The van der Waals surface area contributed by atoms with Crippen molar-refractivity contribution in [2.75, 3.05) is 13.2 Å². The molecule has 0 aliphatic rings. The first kappa shape index (κ1) is 15.6. The summed E-state index contributed by atoms with van der Waals surface area (Å²) in [6, 6.07) is 4.37. The van der Waals surface area contributed by atoms with E-state index in [1.54, 1.807) is 13.8 Å². The average molecular weight is 286 g/mol. The highest BCUT2D eigenvalue weighted by Gasteiger charge is 2.15. The standard InChI is InChI=1S/C12H15O6P/c1-3-15-17-11(13)8-5-6-9(10(19)7-8)12(14)18-16-4-2/h5-7H,3-4,19H2,1-2H3. The lowest BCUT2D eigenvalue weighted by atomic mass is 10.1. The van der Waals surface area contributed by atoms with Crippen LogP contribution < -0.4 is 5.30 Å². The number of benzene rings is 1. The molecule has 0 aliphatic carbocycles. The first-order valence-electron chi connectivity index (χ1n) is 5.67. The fourth-order valence-corrected chi connectivity index (χ4v) is 1.59. The Morgan fingerprint density at radius 1 is 1.05 bits per heavy atom. The van der Waals surface area contributed by atoms with Crippen molar-refractivity contribution < 1.29 is 29.1 Å². The van der Waals surface area contributed by atoms with Gasteiger partial charge in [0.1, 0.15) is 0 Å². The topological polar surface area (TPSA) is 71.1 Å². The molecule has 1 aromatic carbocycles. The predicted octanol–water partition coefficient (Wildman–Crippen LogP) is 1.40. The molecular formula is C12H15O6P. The summed E-state index contributed by atoms with van der Waals surface area (Å²) >= 11 is 0. The van der Waals surface area contributed by atoms with E-state index in [1.165, 1.54) is 18.2 Å². The molecule has 0 spiro atoms. The predicted molar refractivity (Wildman–Crippen MR) is 69.9 cm³/mol. The van der Waals surface area contributed by atoms with E-state index in [2.05, 4.69) is 28.8 Å². The largest absolute Gasteiger partial charge is 0.373 e. The third kappa shape index (κ3) is 4.59. The second kappa shape index (κ2) is 7.84. The Morgan fingerprint density at radius 2 is 1.63 bits per heavy atom. The van der Waals surface area contributed by atoms with E-state index in [1.807, 2.05) is 0 Å². The van der Waals surface area contributed by atoms with Crippen molar-refractivity contribution in [1.82, 2.24) is 0 Å². The van der Waals surface area contributed by atoms with Gasteiger partial charge in [-0.15, -0.1) is 9.24 Å². The third-order valence-corrected chi connectivity index (χ3v) is 2.49. The van der Waals surface area contributed by atoms with Crippen molar-refractivity contribution in [3.05, 3.63) is 29.3 Å². The zero-order chi connectivity index (χ0) is 14.3. The molecule has 0 aromatic heterocycles. The van der Waals surface area contributed by atoms with E-state index >= 15 is 0 Å². The van der Waals surface area contributed by atoms with Crippen LogP contribution in [-0.2, 0) is 19.6 Å². The molecule has 0 radical (unpaired) electrons. The Bertz CT molecular complexity index is 460. The van der Waals surface area contributed by atoms with Crippen LogP contribution in [0.5, 0.6) is 0 Å². The lowest BCUT2D eigenvalue weighted by Crippen LogP contribution is -2.16. The van der Waals surface area contributed by atoms with Crippen molar-refractivity contribution in [2.24, 2.45) is 0 Å². The molecule has 1 rings (SSSR count). The third-order valence-electron chi connectivity index (χ3n) is 2.01. The lowest BCUT2D eigenvalue weighted by Gasteiger charge is -2.06. The lowest BCUT2D eigenvalue weighted by molar-refractivity contribution is -0.237. The number of hydrogen-bond donors (Lipinski definition) is 0. The molecule has 104 valence electrons. The maximum absolute atomic E-state index is 11.6. The van der Waals surface area contributed by atoms with Crippen LogP contribution in [0.25, 0.3) is 0 Å². The maximum Gasteiger partial charge on any atom is 0.373 e. The average Bonchev–Trinajstić information content (AvgIpc) is 2.41. The fourth-order valence-electron chi connectivity index (χ4n) is 1.19. The monoisotopic (exact) mass is 286 g/mol. The summed E-state index contributed by atoms with van der Waals surface area (Å²) in [5.74, 6) is -1.26. The molecule has 19 heavy (non-hydrogen) atoms. The molecule has 0 saturated heterocycles. The van der Waals surface area contributed by atoms with Gasteiger partial charge in [0, 0.05) is 0 Å². The van der Waals surface area contributed by atoms with Crippen LogP contribution in [0.4, 0.5) is 0 Å². The van der Waals surface area contributed by atoms with Crippen LogP contribution in [-0.4, -0.2) is 25.2 Å². The number of rotatable bonds is 6. The van der Waals surface area contributed by atoms with Gasteiger partial charge in [-0.1, -0.05) is 0 Å². The Labute approximate surface area is 113 Å². The van der Waals surface area contributed by atoms with E-state index in [9.17, 15) is 9.59 Å². The minimum absolute atomic E-state index is 0.261. The highest BCUT2D eigenvalue weighted by Crippen LogP contribution is 2.09. The van der Waals surface area contributed by atoms with Gasteiger partial charge in [0.25, 0.3) is 0 Å². The summed E-state index contributed by atoms with van der Waals surface area (Å²) in [6.07, 6.45) is 0. The van der Waals surface area contributed by atoms with E-state index in [-0.39, 0.29) is 24.3 Å². The summed E-state index contributed by atoms with van der Waals surface area (Å²) in [4.78, 5) is 41.2. The van der Waals surface area contributed by atoms with Crippen molar-refractivity contribution >= 4 is 26.5 Å².